The molecular formula is C30H34N2O4. The van der Waals surface area contributed by atoms with E-state index in [1.165, 1.54) is 5.56 Å². The van der Waals surface area contributed by atoms with Crippen LogP contribution < -0.4 is 9.47 Å². The molecule has 188 valence electrons. The molecule has 0 bridgehead atoms. The van der Waals surface area contributed by atoms with Crippen molar-refractivity contribution < 1.29 is 19.0 Å². The van der Waals surface area contributed by atoms with Gasteiger partial charge >= 0.3 is 0 Å². The Morgan fingerprint density at radius 2 is 1.86 bits per heavy atom. The number of pyridine rings is 1. The summed E-state index contributed by atoms with van der Waals surface area (Å²) in [6.07, 6.45) is 8.52. The molecule has 0 spiro atoms. The topological polar surface area (TPSA) is 60.9 Å². The monoisotopic (exact) mass is 486 g/mol. The van der Waals surface area contributed by atoms with Crippen LogP contribution in [0.25, 0.3) is 0 Å². The molecule has 2 aliphatic heterocycles. The second kappa shape index (κ2) is 11.2. The standard InChI is InChI=1S/C30H34N2O4/c1-21(22-11-13-26(34-2)14-12-22)32-15-6-9-28(32)24-17-25(20-31-19-24)30(33)23-7-5-8-27(18-23)36-29-10-3-4-16-35-29/h5,7-8,11-14,17-21,28-29H,3-4,6,9-10,15-16H2,1-2H3/t21-,28+,29?/m1/s1. The Balaban J connectivity index is 1.32. The molecule has 6 heteroatoms. The van der Waals surface area contributed by atoms with E-state index < -0.39 is 0 Å². The summed E-state index contributed by atoms with van der Waals surface area (Å²) >= 11 is 0. The van der Waals surface area contributed by atoms with Gasteiger partial charge in [-0.3, -0.25) is 14.7 Å². The van der Waals surface area contributed by atoms with Gasteiger partial charge in [-0.05, 0) is 80.6 Å². The van der Waals surface area contributed by atoms with E-state index in [4.69, 9.17) is 14.2 Å². The number of hydrogen-bond acceptors (Lipinski definition) is 6. The molecule has 6 nitrogen and oxygen atoms in total. The third kappa shape index (κ3) is 5.45. The fourth-order valence-corrected chi connectivity index (χ4v) is 5.28. The zero-order valence-electron chi connectivity index (χ0n) is 21.1. The summed E-state index contributed by atoms with van der Waals surface area (Å²) < 4.78 is 17.0. The van der Waals surface area contributed by atoms with E-state index in [2.05, 4.69) is 28.9 Å². The lowest BCUT2D eigenvalue weighted by atomic mass is 9.98. The molecule has 0 N–H and O–H groups in total. The van der Waals surface area contributed by atoms with Crippen molar-refractivity contribution in [2.75, 3.05) is 20.3 Å². The smallest absolute Gasteiger partial charge is 0.199 e. The van der Waals surface area contributed by atoms with Gasteiger partial charge in [0.05, 0.1) is 13.7 Å². The number of rotatable bonds is 8. The van der Waals surface area contributed by atoms with Crippen LogP contribution in [-0.4, -0.2) is 42.2 Å². The van der Waals surface area contributed by atoms with Crippen LogP contribution in [0.5, 0.6) is 11.5 Å². The molecule has 36 heavy (non-hydrogen) atoms. The number of nitrogens with zero attached hydrogens (tertiary/aromatic N) is 2. The van der Waals surface area contributed by atoms with Gasteiger partial charge in [0.25, 0.3) is 0 Å². The Labute approximate surface area is 213 Å². The molecule has 0 radical (unpaired) electrons. The summed E-state index contributed by atoms with van der Waals surface area (Å²) in [4.78, 5) is 20.4. The van der Waals surface area contributed by atoms with Crippen molar-refractivity contribution in [1.82, 2.24) is 9.88 Å². The highest BCUT2D eigenvalue weighted by atomic mass is 16.7. The number of carbonyl (C=O) groups excluding carboxylic acids is 1. The van der Waals surface area contributed by atoms with Gasteiger partial charge in [0.2, 0.25) is 0 Å². The van der Waals surface area contributed by atoms with E-state index in [0.717, 1.165) is 56.6 Å². The Kier molecular flexibility index (Phi) is 7.63. The highest BCUT2D eigenvalue weighted by molar-refractivity contribution is 6.09. The zero-order chi connectivity index (χ0) is 24.9. The molecule has 2 saturated heterocycles. The van der Waals surface area contributed by atoms with Crippen molar-refractivity contribution in [2.45, 2.75) is 57.4 Å². The number of carbonyl (C=O) groups is 1. The summed E-state index contributed by atoms with van der Waals surface area (Å²) in [5.74, 6) is 1.47. The van der Waals surface area contributed by atoms with Gasteiger partial charge in [-0.15, -0.1) is 0 Å². The first-order valence-corrected chi connectivity index (χ1v) is 12.9. The van der Waals surface area contributed by atoms with Crippen LogP contribution in [0.4, 0.5) is 0 Å². The van der Waals surface area contributed by atoms with Crippen LogP contribution in [0.2, 0.25) is 0 Å². The van der Waals surface area contributed by atoms with Gasteiger partial charge in [0.15, 0.2) is 12.1 Å². The third-order valence-corrected chi connectivity index (χ3v) is 7.30. The number of methoxy groups -OCH3 is 1. The highest BCUT2D eigenvalue weighted by Crippen LogP contribution is 2.39. The van der Waals surface area contributed by atoms with Crippen molar-refractivity contribution in [3.63, 3.8) is 0 Å². The fourth-order valence-electron chi connectivity index (χ4n) is 5.28. The van der Waals surface area contributed by atoms with E-state index in [1.807, 2.05) is 42.6 Å². The van der Waals surface area contributed by atoms with Gasteiger partial charge in [-0.2, -0.15) is 0 Å². The van der Waals surface area contributed by atoms with Crippen LogP contribution >= 0.6 is 0 Å². The van der Waals surface area contributed by atoms with E-state index in [1.54, 1.807) is 19.4 Å². The van der Waals surface area contributed by atoms with Gasteiger partial charge < -0.3 is 14.2 Å². The summed E-state index contributed by atoms with van der Waals surface area (Å²) in [6.45, 7) is 3.97. The maximum Gasteiger partial charge on any atom is 0.199 e. The van der Waals surface area contributed by atoms with Crippen molar-refractivity contribution >= 4 is 5.78 Å². The first kappa shape index (κ1) is 24.5. The minimum absolute atomic E-state index is 0.0490. The maximum absolute atomic E-state index is 13.4. The van der Waals surface area contributed by atoms with Crippen LogP contribution in [0.1, 0.15) is 78.2 Å². The lowest BCUT2D eigenvalue weighted by Gasteiger charge is -2.31. The Bertz CT molecular complexity index is 1170. The predicted molar refractivity (Wildman–Crippen MR) is 138 cm³/mol. The number of hydrogen-bond donors (Lipinski definition) is 0. The molecule has 3 atom stereocenters. The summed E-state index contributed by atoms with van der Waals surface area (Å²) in [5, 5.41) is 0. The molecule has 2 aromatic carbocycles. The van der Waals surface area contributed by atoms with Crippen LogP contribution in [0.3, 0.4) is 0 Å². The van der Waals surface area contributed by atoms with Crippen LogP contribution in [0.15, 0.2) is 67.0 Å². The molecule has 0 aliphatic carbocycles. The first-order valence-electron chi connectivity index (χ1n) is 12.9. The predicted octanol–water partition coefficient (Wildman–Crippen LogP) is 6.12. The lowest BCUT2D eigenvalue weighted by molar-refractivity contribution is -0.105. The molecule has 2 fully saturated rings. The summed E-state index contributed by atoms with van der Waals surface area (Å²) in [6, 6.07) is 18.1. The normalized spacial score (nSPS) is 21.2. The summed E-state index contributed by atoms with van der Waals surface area (Å²) in [7, 11) is 1.69. The number of aromatic nitrogens is 1. The quantitative estimate of drug-likeness (QED) is 0.357. The Morgan fingerprint density at radius 1 is 1.00 bits per heavy atom. The third-order valence-electron chi connectivity index (χ3n) is 7.30. The van der Waals surface area contributed by atoms with Gasteiger partial charge in [0, 0.05) is 42.0 Å². The molecule has 1 aromatic heterocycles. The maximum atomic E-state index is 13.4. The SMILES string of the molecule is COc1ccc([C@@H](C)N2CCC[C@H]2c2cncc(C(=O)c3cccc(OC4CCCCO4)c3)c2)cc1. The molecule has 2 aliphatic rings. The van der Waals surface area contributed by atoms with E-state index >= 15 is 0 Å². The van der Waals surface area contributed by atoms with Crippen molar-refractivity contribution in [2.24, 2.45) is 0 Å². The largest absolute Gasteiger partial charge is 0.497 e. The number of ether oxygens (including phenoxy) is 3. The zero-order valence-corrected chi connectivity index (χ0v) is 21.1. The Hall–Kier alpha value is -3.22. The first-order chi connectivity index (χ1) is 17.6. The minimum Gasteiger partial charge on any atom is -0.497 e. The molecule has 3 heterocycles. The van der Waals surface area contributed by atoms with Crippen LogP contribution in [-0.2, 0) is 4.74 Å². The average molecular weight is 487 g/mol. The second-order valence-electron chi connectivity index (χ2n) is 9.62. The fraction of sp³-hybridized carbons (Fsp3) is 0.400. The van der Waals surface area contributed by atoms with Gasteiger partial charge in [-0.1, -0.05) is 24.3 Å². The number of likely N-dealkylation sites (tertiary alicyclic amines) is 1. The van der Waals surface area contributed by atoms with E-state index in [-0.39, 0.29) is 24.2 Å². The Morgan fingerprint density at radius 3 is 2.64 bits per heavy atom. The minimum atomic E-state index is -0.241. The van der Waals surface area contributed by atoms with E-state index in [9.17, 15) is 4.79 Å². The molecule has 1 unspecified atom stereocenters. The highest BCUT2D eigenvalue weighted by Gasteiger charge is 2.31. The van der Waals surface area contributed by atoms with E-state index in [0.29, 0.717) is 16.9 Å². The number of benzene rings is 2. The van der Waals surface area contributed by atoms with Crippen molar-refractivity contribution in [3.05, 3.63) is 89.2 Å². The van der Waals surface area contributed by atoms with Crippen molar-refractivity contribution in [3.8, 4) is 11.5 Å². The van der Waals surface area contributed by atoms with Crippen molar-refractivity contribution in [1.29, 1.82) is 0 Å². The number of ketones is 1. The van der Waals surface area contributed by atoms with Gasteiger partial charge in [-0.25, -0.2) is 0 Å². The average Bonchev–Trinajstić information content (AvgIpc) is 3.43. The molecule has 0 saturated carbocycles. The lowest BCUT2D eigenvalue weighted by Crippen LogP contribution is -2.27. The van der Waals surface area contributed by atoms with Gasteiger partial charge in [0.1, 0.15) is 11.5 Å². The summed E-state index contributed by atoms with van der Waals surface area (Å²) in [5.41, 5.74) is 3.53. The molecule has 3 aromatic rings. The van der Waals surface area contributed by atoms with Crippen LogP contribution in [0, 0.1) is 0 Å². The second-order valence-corrected chi connectivity index (χ2v) is 9.62. The molecule has 5 rings (SSSR count). The molecular weight excluding hydrogens is 452 g/mol. The molecule has 0 amide bonds.